The molecular formula is C24H35F3N8O. The Kier molecular flexibility index (Phi) is 7.97. The Morgan fingerprint density at radius 3 is 2.50 bits per heavy atom. The van der Waals surface area contributed by atoms with Crippen LogP contribution in [-0.4, -0.2) is 70.7 Å². The number of nitrogens with zero attached hydrogens (tertiary/aromatic N) is 5. The van der Waals surface area contributed by atoms with Crippen LogP contribution in [0.4, 0.5) is 36.7 Å². The van der Waals surface area contributed by atoms with Crippen LogP contribution in [0.1, 0.15) is 50.0 Å². The molecule has 1 saturated heterocycles. The molecule has 2 aromatic rings. The van der Waals surface area contributed by atoms with E-state index in [0.29, 0.717) is 36.7 Å². The molecule has 198 valence electrons. The number of hydrogen-bond donors (Lipinski definition) is 3. The molecule has 9 nitrogen and oxygen atoms in total. The summed E-state index contributed by atoms with van der Waals surface area (Å²) >= 11 is 0. The van der Waals surface area contributed by atoms with E-state index < -0.39 is 18.1 Å². The number of nitrogens with one attached hydrogen (secondary N) is 2. The lowest BCUT2D eigenvalue weighted by molar-refractivity contribution is -0.175. The summed E-state index contributed by atoms with van der Waals surface area (Å²) in [4.78, 5) is 28.5. The summed E-state index contributed by atoms with van der Waals surface area (Å²) in [6.45, 7) is 10.5. The number of rotatable bonds is 8. The van der Waals surface area contributed by atoms with Crippen LogP contribution in [-0.2, 0) is 0 Å². The quantitative estimate of drug-likeness (QED) is 0.492. The summed E-state index contributed by atoms with van der Waals surface area (Å²) in [6.07, 6.45) is -3.75. The summed E-state index contributed by atoms with van der Waals surface area (Å²) in [5, 5.41) is 6.34. The van der Waals surface area contributed by atoms with E-state index in [1.54, 1.807) is 18.2 Å². The van der Waals surface area contributed by atoms with E-state index in [0.717, 1.165) is 5.56 Å². The van der Waals surface area contributed by atoms with Crippen molar-refractivity contribution in [1.82, 2.24) is 19.9 Å². The fourth-order valence-electron chi connectivity index (χ4n) is 4.12. The number of alkyl halides is 3. The molecule has 0 spiro atoms. The molecule has 3 rings (SSSR count). The van der Waals surface area contributed by atoms with Crippen LogP contribution in [0, 0.1) is 12.3 Å². The maximum Gasteiger partial charge on any atom is 0.403 e. The van der Waals surface area contributed by atoms with Crippen LogP contribution in [0.5, 0.6) is 0 Å². The van der Waals surface area contributed by atoms with E-state index in [1.165, 1.54) is 11.8 Å². The Balaban J connectivity index is 1.88. The molecule has 0 bridgehead atoms. The molecule has 4 N–H and O–H groups in total. The lowest BCUT2D eigenvalue weighted by atomic mass is 9.96. The minimum absolute atomic E-state index is 0.0331. The van der Waals surface area contributed by atoms with Crippen molar-refractivity contribution in [2.75, 3.05) is 42.2 Å². The molecule has 2 atom stereocenters. The maximum absolute atomic E-state index is 13.2. The number of amides is 1. The van der Waals surface area contributed by atoms with Crippen molar-refractivity contribution < 1.29 is 18.0 Å². The molecule has 1 aliphatic heterocycles. The summed E-state index contributed by atoms with van der Waals surface area (Å²) < 4.78 is 39.5. The van der Waals surface area contributed by atoms with Gasteiger partial charge in [0.2, 0.25) is 23.8 Å². The zero-order chi connectivity index (χ0) is 26.8. The van der Waals surface area contributed by atoms with Gasteiger partial charge in [0.15, 0.2) is 0 Å². The third-order valence-electron chi connectivity index (χ3n) is 6.02. The molecule has 1 aromatic heterocycles. The van der Waals surface area contributed by atoms with Gasteiger partial charge in [-0.3, -0.25) is 9.69 Å². The van der Waals surface area contributed by atoms with Crippen molar-refractivity contribution >= 4 is 29.4 Å². The topological polar surface area (TPSA) is 112 Å². The van der Waals surface area contributed by atoms with E-state index in [1.807, 2.05) is 18.9 Å². The van der Waals surface area contributed by atoms with E-state index in [4.69, 9.17) is 5.73 Å². The average Bonchev–Trinajstić information content (AvgIpc) is 3.20. The highest BCUT2D eigenvalue weighted by atomic mass is 19.4. The van der Waals surface area contributed by atoms with Crippen molar-refractivity contribution in [1.29, 1.82) is 0 Å². The third-order valence-corrected chi connectivity index (χ3v) is 6.02. The predicted octanol–water partition coefficient (Wildman–Crippen LogP) is 3.94. The predicted molar refractivity (Wildman–Crippen MR) is 135 cm³/mol. The van der Waals surface area contributed by atoms with E-state index in [-0.39, 0.29) is 29.9 Å². The van der Waals surface area contributed by atoms with E-state index >= 15 is 0 Å². The van der Waals surface area contributed by atoms with Gasteiger partial charge in [-0.1, -0.05) is 26.8 Å². The normalized spacial score (nSPS) is 17.6. The average molecular weight is 509 g/mol. The van der Waals surface area contributed by atoms with Gasteiger partial charge in [0, 0.05) is 44.0 Å². The summed E-state index contributed by atoms with van der Waals surface area (Å²) in [5.41, 5.74) is 7.19. The number of nitrogens with two attached hydrogens (primary N) is 1. The van der Waals surface area contributed by atoms with Crippen LogP contribution in [0.15, 0.2) is 18.2 Å². The SMILES string of the molecule is Cc1ccc(C(N)=O)cc1Nc1nc(N[C@H]2CCN(C(C)C(F)(F)F)C2)nc(N(C)CC(C)(C)C)n1. The molecule has 12 heteroatoms. The second kappa shape index (κ2) is 10.5. The molecule has 0 saturated carbocycles. The monoisotopic (exact) mass is 508 g/mol. The maximum atomic E-state index is 13.2. The van der Waals surface area contributed by atoms with Crippen LogP contribution in [0.2, 0.25) is 0 Å². The standard InChI is InChI=1S/C24H35F3N8O/c1-14-7-8-16(19(28)36)11-18(14)30-21-31-20(32-22(33-21)34(6)13-23(3,4)5)29-17-9-10-35(12-17)15(2)24(25,26)27/h7-8,11,15,17H,9-10,12-13H2,1-6H3,(H2,28,36)(H2,29,30,31,32,33)/t15?,17-/m0/s1. The third kappa shape index (κ3) is 7.19. The minimum atomic E-state index is -4.28. The fraction of sp³-hybridized carbons (Fsp3) is 0.583. The molecule has 0 radical (unpaired) electrons. The molecule has 1 unspecified atom stereocenters. The van der Waals surface area contributed by atoms with Crippen molar-refractivity contribution in [3.8, 4) is 0 Å². The Hall–Kier alpha value is -3.15. The first kappa shape index (κ1) is 27.4. The molecule has 1 fully saturated rings. The van der Waals surface area contributed by atoms with Crippen molar-refractivity contribution in [3.63, 3.8) is 0 Å². The molecular weight excluding hydrogens is 473 g/mol. The Morgan fingerprint density at radius 1 is 1.22 bits per heavy atom. The molecule has 1 aliphatic rings. The van der Waals surface area contributed by atoms with Gasteiger partial charge >= 0.3 is 6.18 Å². The minimum Gasteiger partial charge on any atom is -0.366 e. The zero-order valence-electron chi connectivity index (χ0n) is 21.6. The van der Waals surface area contributed by atoms with Crippen LogP contribution < -0.4 is 21.3 Å². The molecule has 1 aromatic carbocycles. The lowest BCUT2D eigenvalue weighted by Crippen LogP contribution is -2.43. The number of aryl methyl sites for hydroxylation is 1. The molecule has 0 aliphatic carbocycles. The number of aromatic nitrogens is 3. The van der Waals surface area contributed by atoms with Crippen molar-refractivity contribution in [3.05, 3.63) is 29.3 Å². The van der Waals surface area contributed by atoms with E-state index in [9.17, 15) is 18.0 Å². The fourth-order valence-corrected chi connectivity index (χ4v) is 4.12. The zero-order valence-corrected chi connectivity index (χ0v) is 21.6. The Labute approximate surface area is 209 Å². The summed E-state index contributed by atoms with van der Waals surface area (Å²) in [6, 6.07) is 3.27. The first-order valence-corrected chi connectivity index (χ1v) is 11.8. The highest BCUT2D eigenvalue weighted by Crippen LogP contribution is 2.29. The van der Waals surface area contributed by atoms with E-state index in [2.05, 4.69) is 46.4 Å². The largest absolute Gasteiger partial charge is 0.403 e. The first-order chi connectivity index (χ1) is 16.6. The van der Waals surface area contributed by atoms with Gasteiger partial charge in [-0.2, -0.15) is 28.1 Å². The smallest absolute Gasteiger partial charge is 0.366 e. The number of hydrogen-bond acceptors (Lipinski definition) is 8. The number of halogens is 3. The Bertz CT molecular complexity index is 1090. The van der Waals surface area contributed by atoms with Crippen LogP contribution >= 0.6 is 0 Å². The van der Waals surface area contributed by atoms with Crippen LogP contribution in [0.3, 0.4) is 0 Å². The molecule has 2 heterocycles. The second-order valence-corrected chi connectivity index (χ2v) is 10.6. The van der Waals surface area contributed by atoms with Gasteiger partial charge in [0.1, 0.15) is 6.04 Å². The van der Waals surface area contributed by atoms with Gasteiger partial charge < -0.3 is 21.3 Å². The highest BCUT2D eigenvalue weighted by Gasteiger charge is 2.42. The number of primary amides is 1. The second-order valence-electron chi connectivity index (χ2n) is 10.6. The number of benzene rings is 1. The molecule has 36 heavy (non-hydrogen) atoms. The molecule has 1 amide bonds. The Morgan fingerprint density at radius 2 is 1.89 bits per heavy atom. The number of carbonyl (C=O) groups is 1. The van der Waals surface area contributed by atoms with Crippen molar-refractivity contribution in [2.45, 2.75) is 59.3 Å². The van der Waals surface area contributed by atoms with Gasteiger partial charge in [-0.05, 0) is 43.4 Å². The highest BCUT2D eigenvalue weighted by molar-refractivity contribution is 5.94. The van der Waals surface area contributed by atoms with Crippen molar-refractivity contribution in [2.24, 2.45) is 11.1 Å². The van der Waals surface area contributed by atoms with Gasteiger partial charge in [0.05, 0.1) is 0 Å². The number of anilines is 4. The summed E-state index contributed by atoms with van der Waals surface area (Å²) in [5.74, 6) is 0.359. The first-order valence-electron chi connectivity index (χ1n) is 11.8. The summed E-state index contributed by atoms with van der Waals surface area (Å²) in [7, 11) is 1.87. The van der Waals surface area contributed by atoms with Crippen LogP contribution in [0.25, 0.3) is 0 Å². The van der Waals surface area contributed by atoms with Gasteiger partial charge in [0.25, 0.3) is 0 Å². The van der Waals surface area contributed by atoms with Gasteiger partial charge in [-0.25, -0.2) is 0 Å². The number of likely N-dealkylation sites (tertiary alicyclic amines) is 1. The van der Waals surface area contributed by atoms with Gasteiger partial charge in [-0.15, -0.1) is 0 Å². The number of carbonyl (C=O) groups excluding carboxylic acids is 1. The lowest BCUT2D eigenvalue weighted by Gasteiger charge is -2.27.